The number of alkyl halides is 3. The second kappa shape index (κ2) is 3.96. The third-order valence-electron chi connectivity index (χ3n) is 3.12. The Kier molecular flexibility index (Phi) is 2.83. The lowest BCUT2D eigenvalue weighted by atomic mass is 10.1. The van der Waals surface area contributed by atoms with Gasteiger partial charge in [0, 0.05) is 13.5 Å². The average Bonchev–Trinajstić information content (AvgIpc) is 2.67. The van der Waals surface area contributed by atoms with E-state index in [4.69, 9.17) is 0 Å². The predicted molar refractivity (Wildman–Crippen MR) is 55.5 cm³/mol. The van der Waals surface area contributed by atoms with Gasteiger partial charge >= 0.3 is 6.18 Å². The van der Waals surface area contributed by atoms with Crippen LogP contribution in [0, 0.1) is 0 Å². The van der Waals surface area contributed by atoms with Crippen LogP contribution in [-0.2, 0) is 11.0 Å². The lowest BCUT2D eigenvalue weighted by Crippen LogP contribution is -2.42. The number of amides is 1. The molecule has 1 aliphatic heterocycles. The van der Waals surface area contributed by atoms with E-state index < -0.39 is 24.1 Å². The molecule has 0 bridgehead atoms. The number of fused-ring (bicyclic) bond motifs is 1. The van der Waals surface area contributed by atoms with E-state index in [1.54, 1.807) is 13.8 Å². The zero-order chi connectivity index (χ0) is 13.7. The maximum absolute atomic E-state index is 12.8. The van der Waals surface area contributed by atoms with E-state index in [0.717, 1.165) is 4.57 Å². The molecule has 2 heterocycles. The largest absolute Gasteiger partial charge is 0.451 e. The number of carbonyl (C=O) groups is 1. The van der Waals surface area contributed by atoms with Crippen LogP contribution in [0.5, 0.6) is 0 Å². The zero-order valence-corrected chi connectivity index (χ0v) is 10.2. The molecule has 2 unspecified atom stereocenters. The van der Waals surface area contributed by atoms with Crippen LogP contribution in [0.2, 0.25) is 0 Å². The molecule has 18 heavy (non-hydrogen) atoms. The molecule has 0 saturated heterocycles. The lowest BCUT2D eigenvalue weighted by molar-refractivity contribution is -0.149. The smallest absolute Gasteiger partial charge is 0.331 e. The molecule has 1 aromatic heterocycles. The first-order chi connectivity index (χ1) is 8.23. The second-order valence-electron chi connectivity index (χ2n) is 4.45. The summed E-state index contributed by atoms with van der Waals surface area (Å²) >= 11 is 0. The van der Waals surface area contributed by atoms with Crippen molar-refractivity contribution < 1.29 is 18.0 Å². The van der Waals surface area contributed by atoms with Crippen LogP contribution in [0.25, 0.3) is 0 Å². The van der Waals surface area contributed by atoms with E-state index in [-0.39, 0.29) is 18.3 Å². The molecule has 8 heteroatoms. The van der Waals surface area contributed by atoms with Gasteiger partial charge < -0.3 is 9.47 Å². The maximum atomic E-state index is 12.8. The number of halogens is 3. The Hall–Kier alpha value is -1.60. The quantitative estimate of drug-likeness (QED) is 0.716. The molecule has 0 fully saturated rings. The van der Waals surface area contributed by atoms with Gasteiger partial charge in [-0.2, -0.15) is 13.2 Å². The summed E-state index contributed by atoms with van der Waals surface area (Å²) < 4.78 is 39.4. The first-order valence-corrected chi connectivity index (χ1v) is 5.52. The van der Waals surface area contributed by atoms with E-state index in [1.165, 1.54) is 11.8 Å². The van der Waals surface area contributed by atoms with Crippen LogP contribution in [0.1, 0.15) is 44.5 Å². The second-order valence-corrected chi connectivity index (χ2v) is 4.45. The normalized spacial score (nSPS) is 24.0. The summed E-state index contributed by atoms with van der Waals surface area (Å²) in [6.07, 6.45) is -4.53. The van der Waals surface area contributed by atoms with Crippen molar-refractivity contribution in [3.63, 3.8) is 0 Å². The molecule has 0 spiro atoms. The highest BCUT2D eigenvalue weighted by Crippen LogP contribution is 2.36. The number of rotatable bonds is 0. The van der Waals surface area contributed by atoms with E-state index in [2.05, 4.69) is 10.2 Å². The predicted octanol–water partition coefficient (Wildman–Crippen LogP) is 1.78. The number of hydrogen-bond acceptors (Lipinski definition) is 3. The Morgan fingerprint density at radius 2 is 1.94 bits per heavy atom. The summed E-state index contributed by atoms with van der Waals surface area (Å²) in [5.41, 5.74) is 0. The van der Waals surface area contributed by atoms with E-state index >= 15 is 0 Å². The Balaban J connectivity index is 2.50. The topological polar surface area (TPSA) is 51.0 Å². The molecule has 0 N–H and O–H groups in total. The SMILES string of the molecule is CC(=O)N1CC(C)n2c(nnc2C(F)(F)F)C1C. The zero-order valence-electron chi connectivity index (χ0n) is 10.2. The van der Waals surface area contributed by atoms with Gasteiger partial charge in [-0.15, -0.1) is 10.2 Å². The van der Waals surface area contributed by atoms with Crippen molar-refractivity contribution in [2.45, 2.75) is 39.0 Å². The van der Waals surface area contributed by atoms with Gasteiger partial charge in [-0.1, -0.05) is 0 Å². The van der Waals surface area contributed by atoms with E-state index in [1.807, 2.05) is 0 Å². The van der Waals surface area contributed by atoms with Crippen molar-refractivity contribution in [1.29, 1.82) is 0 Å². The Labute approximate surface area is 102 Å². The third kappa shape index (κ3) is 1.85. The molecular weight excluding hydrogens is 249 g/mol. The van der Waals surface area contributed by atoms with Crippen molar-refractivity contribution in [1.82, 2.24) is 19.7 Å². The number of carbonyl (C=O) groups excluding carboxylic acids is 1. The summed E-state index contributed by atoms with van der Waals surface area (Å²) in [7, 11) is 0. The molecule has 2 rings (SSSR count). The van der Waals surface area contributed by atoms with E-state index in [0.29, 0.717) is 0 Å². The number of hydrogen-bond donors (Lipinski definition) is 0. The van der Waals surface area contributed by atoms with E-state index in [9.17, 15) is 18.0 Å². The first-order valence-electron chi connectivity index (χ1n) is 5.52. The molecule has 0 saturated carbocycles. The minimum absolute atomic E-state index is 0.177. The molecule has 0 aromatic carbocycles. The van der Waals surface area contributed by atoms with Crippen LogP contribution in [0.4, 0.5) is 13.2 Å². The van der Waals surface area contributed by atoms with Crippen molar-refractivity contribution in [2.75, 3.05) is 6.54 Å². The maximum Gasteiger partial charge on any atom is 0.451 e. The highest BCUT2D eigenvalue weighted by molar-refractivity contribution is 5.73. The fourth-order valence-electron chi connectivity index (χ4n) is 2.28. The molecule has 1 aliphatic rings. The fourth-order valence-corrected chi connectivity index (χ4v) is 2.28. The highest BCUT2D eigenvalue weighted by Gasteiger charge is 2.43. The molecule has 100 valence electrons. The molecule has 0 aliphatic carbocycles. The molecule has 5 nitrogen and oxygen atoms in total. The van der Waals surface area contributed by atoms with Gasteiger partial charge in [0.25, 0.3) is 0 Å². The monoisotopic (exact) mass is 262 g/mol. The minimum Gasteiger partial charge on any atom is -0.331 e. The highest BCUT2D eigenvalue weighted by atomic mass is 19.4. The van der Waals surface area contributed by atoms with Gasteiger partial charge in [-0.3, -0.25) is 4.79 Å². The Morgan fingerprint density at radius 3 is 2.44 bits per heavy atom. The summed E-state index contributed by atoms with van der Waals surface area (Å²) in [5, 5.41) is 6.80. The molecular formula is C10H13F3N4O. The van der Waals surface area contributed by atoms with Crippen molar-refractivity contribution >= 4 is 5.91 Å². The Morgan fingerprint density at radius 1 is 1.33 bits per heavy atom. The van der Waals surface area contributed by atoms with Gasteiger partial charge in [0.2, 0.25) is 11.7 Å². The molecule has 0 radical (unpaired) electrons. The lowest BCUT2D eigenvalue weighted by Gasteiger charge is -2.36. The van der Waals surface area contributed by atoms with Crippen LogP contribution in [-0.4, -0.2) is 32.1 Å². The van der Waals surface area contributed by atoms with Crippen LogP contribution >= 0.6 is 0 Å². The van der Waals surface area contributed by atoms with Gasteiger partial charge in [0.1, 0.15) is 0 Å². The summed E-state index contributed by atoms with van der Waals surface area (Å²) in [5.74, 6) is -1.01. The summed E-state index contributed by atoms with van der Waals surface area (Å²) in [6, 6.07) is -0.992. The average molecular weight is 262 g/mol. The van der Waals surface area contributed by atoms with Crippen molar-refractivity contribution in [2.24, 2.45) is 0 Å². The van der Waals surface area contributed by atoms with Gasteiger partial charge in [0.05, 0.1) is 12.1 Å². The number of nitrogens with zero attached hydrogens (tertiary/aromatic N) is 4. The minimum atomic E-state index is -4.53. The van der Waals surface area contributed by atoms with Crippen LogP contribution in [0.15, 0.2) is 0 Å². The molecule has 1 aromatic rings. The van der Waals surface area contributed by atoms with Gasteiger partial charge in [-0.25, -0.2) is 0 Å². The molecule has 2 atom stereocenters. The standard InChI is InChI=1S/C10H13F3N4O/c1-5-4-16(7(3)18)6(2)8-14-15-9(17(5)8)10(11,12)13/h5-6H,4H2,1-3H3. The van der Waals surface area contributed by atoms with Crippen molar-refractivity contribution in [3.8, 4) is 0 Å². The summed E-state index contributed by atoms with van der Waals surface area (Å²) in [4.78, 5) is 12.9. The van der Waals surface area contributed by atoms with Crippen LogP contribution in [0.3, 0.4) is 0 Å². The van der Waals surface area contributed by atoms with Crippen molar-refractivity contribution in [3.05, 3.63) is 11.6 Å². The summed E-state index contributed by atoms with van der Waals surface area (Å²) in [6.45, 7) is 4.88. The first kappa shape index (κ1) is 12.8. The fraction of sp³-hybridized carbons (Fsp3) is 0.700. The third-order valence-corrected chi connectivity index (χ3v) is 3.12. The van der Waals surface area contributed by atoms with Crippen LogP contribution < -0.4 is 0 Å². The number of aromatic nitrogens is 3. The molecule has 1 amide bonds. The Bertz CT molecular complexity index is 482. The van der Waals surface area contributed by atoms with Gasteiger partial charge in [0.15, 0.2) is 5.82 Å². The van der Waals surface area contributed by atoms with Gasteiger partial charge in [-0.05, 0) is 13.8 Å².